The summed E-state index contributed by atoms with van der Waals surface area (Å²) in [5.41, 5.74) is 6.36. The molecule has 70 valence electrons. The van der Waals surface area contributed by atoms with E-state index in [1.165, 1.54) is 6.07 Å². The Labute approximate surface area is 81.7 Å². The first-order valence-electron chi connectivity index (χ1n) is 4.39. The second-order valence-corrected chi connectivity index (χ2v) is 3.91. The van der Waals surface area contributed by atoms with E-state index in [9.17, 15) is 4.39 Å². The highest BCUT2D eigenvalue weighted by Gasteiger charge is 2.32. The van der Waals surface area contributed by atoms with Crippen molar-refractivity contribution in [3.63, 3.8) is 0 Å². The second-order valence-electron chi connectivity index (χ2n) is 3.50. The summed E-state index contributed by atoms with van der Waals surface area (Å²) in [7, 11) is 0. The Hall–Kier alpha value is -0.600. The Morgan fingerprint density at radius 3 is 2.69 bits per heavy atom. The molecule has 1 fully saturated rings. The molecule has 0 radical (unpaired) electrons. The predicted molar refractivity (Wildman–Crippen MR) is 51.1 cm³/mol. The van der Waals surface area contributed by atoms with Gasteiger partial charge in [-0.15, -0.1) is 0 Å². The first kappa shape index (κ1) is 8.97. The van der Waals surface area contributed by atoms with Crippen LogP contribution >= 0.6 is 11.6 Å². The first-order valence-corrected chi connectivity index (χ1v) is 4.77. The maximum atomic E-state index is 13.3. The number of hydrogen-bond donors (Lipinski definition) is 1. The lowest BCUT2D eigenvalue weighted by atomic mass is 10.0. The highest BCUT2D eigenvalue weighted by atomic mass is 35.5. The topological polar surface area (TPSA) is 26.0 Å². The molecular formula is C10H11ClFN. The van der Waals surface area contributed by atoms with Gasteiger partial charge in [-0.1, -0.05) is 17.7 Å². The summed E-state index contributed by atoms with van der Waals surface area (Å²) >= 11 is 5.88. The Morgan fingerprint density at radius 2 is 2.15 bits per heavy atom. The van der Waals surface area contributed by atoms with Crippen LogP contribution < -0.4 is 5.73 Å². The van der Waals surface area contributed by atoms with Crippen molar-refractivity contribution < 1.29 is 4.39 Å². The van der Waals surface area contributed by atoms with Gasteiger partial charge < -0.3 is 5.73 Å². The van der Waals surface area contributed by atoms with Crippen LogP contribution in [0.25, 0.3) is 0 Å². The number of nitrogens with two attached hydrogens (primary N) is 1. The molecular weight excluding hydrogens is 189 g/mol. The second kappa shape index (κ2) is 3.28. The molecule has 13 heavy (non-hydrogen) atoms. The molecule has 3 heteroatoms. The molecule has 2 rings (SSSR count). The van der Waals surface area contributed by atoms with Gasteiger partial charge in [0.2, 0.25) is 0 Å². The molecule has 0 unspecified atom stereocenters. The highest BCUT2D eigenvalue weighted by molar-refractivity contribution is 6.31. The fourth-order valence-electron chi connectivity index (χ4n) is 1.52. The van der Waals surface area contributed by atoms with Crippen molar-refractivity contribution in [2.45, 2.75) is 18.9 Å². The van der Waals surface area contributed by atoms with E-state index in [0.29, 0.717) is 16.5 Å². The largest absolute Gasteiger partial charge is 0.324 e. The van der Waals surface area contributed by atoms with Crippen molar-refractivity contribution in [2.75, 3.05) is 0 Å². The van der Waals surface area contributed by atoms with Gasteiger partial charge in [0.15, 0.2) is 0 Å². The fourth-order valence-corrected chi connectivity index (χ4v) is 1.81. The smallest absolute Gasteiger partial charge is 0.129 e. The molecule has 0 aromatic heterocycles. The van der Waals surface area contributed by atoms with Gasteiger partial charge in [0.05, 0.1) is 0 Å². The molecule has 1 aliphatic rings. The molecule has 1 saturated carbocycles. The third-order valence-corrected chi connectivity index (χ3v) is 2.79. The van der Waals surface area contributed by atoms with Crippen LogP contribution in [0.5, 0.6) is 0 Å². The molecule has 0 bridgehead atoms. The van der Waals surface area contributed by atoms with Crippen molar-refractivity contribution in [2.24, 2.45) is 11.7 Å². The Balaban J connectivity index is 2.36. The van der Waals surface area contributed by atoms with Crippen LogP contribution in [0.1, 0.15) is 24.4 Å². The van der Waals surface area contributed by atoms with E-state index < -0.39 is 0 Å². The van der Waals surface area contributed by atoms with Crippen LogP contribution in [0.4, 0.5) is 4.39 Å². The summed E-state index contributed by atoms with van der Waals surface area (Å²) in [6, 6.07) is 4.46. The zero-order valence-electron chi connectivity index (χ0n) is 7.13. The van der Waals surface area contributed by atoms with Crippen molar-refractivity contribution in [1.29, 1.82) is 0 Å². The molecule has 1 nitrogen and oxygen atoms in total. The van der Waals surface area contributed by atoms with Gasteiger partial charge in [-0.3, -0.25) is 0 Å². The van der Waals surface area contributed by atoms with Gasteiger partial charge in [0, 0.05) is 16.6 Å². The summed E-state index contributed by atoms with van der Waals surface area (Å²) < 4.78 is 13.3. The summed E-state index contributed by atoms with van der Waals surface area (Å²) in [6.07, 6.45) is 2.18. The fraction of sp³-hybridized carbons (Fsp3) is 0.400. The molecule has 1 aliphatic carbocycles. The van der Waals surface area contributed by atoms with Crippen LogP contribution in [-0.2, 0) is 0 Å². The maximum Gasteiger partial charge on any atom is 0.129 e. The average Bonchev–Trinajstić information content (AvgIpc) is 2.85. The van der Waals surface area contributed by atoms with Crippen LogP contribution in [0, 0.1) is 11.7 Å². The van der Waals surface area contributed by atoms with E-state index in [1.807, 2.05) is 0 Å². The number of benzene rings is 1. The van der Waals surface area contributed by atoms with E-state index in [4.69, 9.17) is 17.3 Å². The lowest BCUT2D eigenvalue weighted by molar-refractivity contribution is 0.554. The van der Waals surface area contributed by atoms with E-state index in [2.05, 4.69) is 0 Å². The highest BCUT2D eigenvalue weighted by Crippen LogP contribution is 2.42. The quantitative estimate of drug-likeness (QED) is 0.779. The molecule has 2 N–H and O–H groups in total. The van der Waals surface area contributed by atoms with Crippen LogP contribution in [-0.4, -0.2) is 0 Å². The van der Waals surface area contributed by atoms with Gasteiger partial charge in [0.25, 0.3) is 0 Å². The van der Waals surface area contributed by atoms with E-state index in [-0.39, 0.29) is 11.9 Å². The minimum absolute atomic E-state index is 0.228. The van der Waals surface area contributed by atoms with Crippen molar-refractivity contribution in [3.8, 4) is 0 Å². The molecule has 1 atom stereocenters. The standard InChI is InChI=1S/C10H11ClFN/c11-7-2-1-3-8(12)9(7)10(13)6-4-5-6/h1-3,6,10H,4-5,13H2/t10-/m1/s1. The summed E-state index contributed by atoms with van der Waals surface area (Å²) in [5, 5.41) is 0.444. The average molecular weight is 200 g/mol. The Bertz CT molecular complexity index is 302. The predicted octanol–water partition coefficient (Wildman–Crippen LogP) is 2.89. The SMILES string of the molecule is N[C@@H](c1c(F)cccc1Cl)C1CC1. The normalized spacial score (nSPS) is 18.7. The van der Waals surface area contributed by atoms with Crippen LogP contribution in [0.15, 0.2) is 18.2 Å². The third-order valence-electron chi connectivity index (χ3n) is 2.46. The molecule has 1 aromatic rings. The molecule has 0 amide bonds. The van der Waals surface area contributed by atoms with Gasteiger partial charge in [0.1, 0.15) is 5.82 Å². The summed E-state index contributed by atoms with van der Waals surface area (Å²) in [4.78, 5) is 0. The van der Waals surface area contributed by atoms with Gasteiger partial charge >= 0.3 is 0 Å². The minimum atomic E-state index is -0.285. The van der Waals surface area contributed by atoms with Crippen LogP contribution in [0.2, 0.25) is 5.02 Å². The maximum absolute atomic E-state index is 13.3. The van der Waals surface area contributed by atoms with Gasteiger partial charge in [-0.25, -0.2) is 4.39 Å². The monoisotopic (exact) mass is 199 g/mol. The van der Waals surface area contributed by atoms with Crippen molar-refractivity contribution in [3.05, 3.63) is 34.6 Å². The molecule has 0 heterocycles. The minimum Gasteiger partial charge on any atom is -0.324 e. The lowest BCUT2D eigenvalue weighted by Crippen LogP contribution is -2.14. The molecule has 0 saturated heterocycles. The van der Waals surface area contributed by atoms with Crippen LogP contribution in [0.3, 0.4) is 0 Å². The van der Waals surface area contributed by atoms with Crippen molar-refractivity contribution in [1.82, 2.24) is 0 Å². The Kier molecular flexibility index (Phi) is 2.26. The lowest BCUT2D eigenvalue weighted by Gasteiger charge is -2.13. The summed E-state index contributed by atoms with van der Waals surface area (Å²) in [5.74, 6) is 0.140. The number of halogens is 2. The number of rotatable bonds is 2. The van der Waals surface area contributed by atoms with Gasteiger partial charge in [-0.05, 0) is 30.9 Å². The van der Waals surface area contributed by atoms with Crippen molar-refractivity contribution >= 4 is 11.6 Å². The molecule has 1 aromatic carbocycles. The van der Waals surface area contributed by atoms with E-state index in [1.54, 1.807) is 12.1 Å². The molecule has 0 aliphatic heterocycles. The zero-order chi connectivity index (χ0) is 9.42. The Morgan fingerprint density at radius 1 is 1.46 bits per heavy atom. The zero-order valence-corrected chi connectivity index (χ0v) is 7.89. The van der Waals surface area contributed by atoms with E-state index >= 15 is 0 Å². The summed E-state index contributed by atoms with van der Waals surface area (Å²) in [6.45, 7) is 0. The number of hydrogen-bond acceptors (Lipinski definition) is 1. The first-order chi connectivity index (χ1) is 6.20. The van der Waals surface area contributed by atoms with E-state index in [0.717, 1.165) is 12.8 Å². The van der Waals surface area contributed by atoms with Gasteiger partial charge in [-0.2, -0.15) is 0 Å². The third kappa shape index (κ3) is 1.69. The molecule has 0 spiro atoms.